The smallest absolute Gasteiger partial charge is 0.00936 e. The predicted molar refractivity (Wildman–Crippen MR) is 67.2 cm³/mol. The Hall–Kier alpha value is -0.0800. The lowest BCUT2D eigenvalue weighted by atomic mass is 9.85. The van der Waals surface area contributed by atoms with Crippen molar-refractivity contribution >= 4 is 0 Å². The maximum absolute atomic E-state index is 3.51. The summed E-state index contributed by atoms with van der Waals surface area (Å²) in [7, 11) is 2.29. The highest BCUT2D eigenvalue weighted by Gasteiger charge is 2.32. The fourth-order valence-corrected chi connectivity index (χ4v) is 2.50. The molecule has 1 rings (SSSR count). The topological polar surface area (TPSA) is 15.3 Å². The van der Waals surface area contributed by atoms with E-state index in [-0.39, 0.29) is 0 Å². The van der Waals surface area contributed by atoms with Gasteiger partial charge in [-0.25, -0.2) is 0 Å². The van der Waals surface area contributed by atoms with Gasteiger partial charge in [0.15, 0.2) is 0 Å². The Bertz CT molecular complexity index is 177. The van der Waals surface area contributed by atoms with Crippen LogP contribution >= 0.6 is 0 Å². The van der Waals surface area contributed by atoms with Gasteiger partial charge in [-0.3, -0.25) is 0 Å². The van der Waals surface area contributed by atoms with E-state index in [1.165, 1.54) is 32.2 Å². The molecule has 0 bridgehead atoms. The highest BCUT2D eigenvalue weighted by atomic mass is 15.2. The van der Waals surface area contributed by atoms with Gasteiger partial charge in [0, 0.05) is 19.1 Å². The largest absolute Gasteiger partial charge is 0.316 e. The second-order valence-electron chi connectivity index (χ2n) is 5.49. The number of hydrogen-bond acceptors (Lipinski definition) is 2. The normalized spacial score (nSPS) is 20.6. The number of nitrogens with zero attached hydrogens (tertiary/aromatic N) is 1. The van der Waals surface area contributed by atoms with Crippen molar-refractivity contribution in [3.8, 4) is 0 Å². The van der Waals surface area contributed by atoms with Gasteiger partial charge in [0.1, 0.15) is 0 Å². The van der Waals surface area contributed by atoms with Crippen molar-refractivity contribution < 1.29 is 0 Å². The average molecular weight is 212 g/mol. The van der Waals surface area contributed by atoms with E-state index in [2.05, 4.69) is 38.0 Å². The number of rotatable bonds is 8. The molecule has 1 fully saturated rings. The summed E-state index contributed by atoms with van der Waals surface area (Å²) in [5, 5.41) is 3.51. The molecule has 0 radical (unpaired) electrons. The summed E-state index contributed by atoms with van der Waals surface area (Å²) in [5.74, 6) is 0. The molecule has 1 saturated carbocycles. The van der Waals surface area contributed by atoms with Crippen LogP contribution < -0.4 is 5.32 Å². The Morgan fingerprint density at radius 2 is 2.00 bits per heavy atom. The first kappa shape index (κ1) is 13.0. The van der Waals surface area contributed by atoms with Gasteiger partial charge in [-0.2, -0.15) is 0 Å². The van der Waals surface area contributed by atoms with Crippen molar-refractivity contribution in [2.45, 2.75) is 52.5 Å². The van der Waals surface area contributed by atoms with E-state index in [9.17, 15) is 0 Å². The molecule has 1 aliphatic carbocycles. The standard InChI is InChI=1S/C13H28N2/c1-5-9-13(3,10-14-6-2)11-15(4)12-7-8-12/h12,14H,5-11H2,1-4H3. The first-order valence-electron chi connectivity index (χ1n) is 6.52. The minimum Gasteiger partial charge on any atom is -0.316 e. The number of hydrogen-bond donors (Lipinski definition) is 1. The maximum atomic E-state index is 3.51. The molecule has 1 aliphatic rings. The van der Waals surface area contributed by atoms with Crippen molar-refractivity contribution in [3.05, 3.63) is 0 Å². The Balaban J connectivity index is 2.38. The molecule has 1 unspecified atom stereocenters. The van der Waals surface area contributed by atoms with Gasteiger partial charge in [-0.1, -0.05) is 27.2 Å². The minimum atomic E-state index is 0.460. The van der Waals surface area contributed by atoms with Crippen LogP contribution in [0, 0.1) is 5.41 Å². The van der Waals surface area contributed by atoms with Gasteiger partial charge in [-0.05, 0) is 38.3 Å². The van der Waals surface area contributed by atoms with Crippen LogP contribution in [0.3, 0.4) is 0 Å². The lowest BCUT2D eigenvalue weighted by Gasteiger charge is -2.34. The fraction of sp³-hybridized carbons (Fsp3) is 1.00. The molecule has 1 N–H and O–H groups in total. The van der Waals surface area contributed by atoms with Gasteiger partial charge in [0.25, 0.3) is 0 Å². The first-order valence-corrected chi connectivity index (χ1v) is 6.52. The molecule has 1 atom stereocenters. The van der Waals surface area contributed by atoms with E-state index >= 15 is 0 Å². The summed E-state index contributed by atoms with van der Waals surface area (Å²) in [6, 6.07) is 0.891. The summed E-state index contributed by atoms with van der Waals surface area (Å²) >= 11 is 0. The molecule has 0 spiro atoms. The van der Waals surface area contributed by atoms with E-state index < -0.39 is 0 Å². The van der Waals surface area contributed by atoms with Crippen molar-refractivity contribution in [2.24, 2.45) is 5.41 Å². The highest BCUT2D eigenvalue weighted by molar-refractivity contribution is 4.87. The van der Waals surface area contributed by atoms with Gasteiger partial charge < -0.3 is 10.2 Å². The van der Waals surface area contributed by atoms with Crippen LogP contribution in [0.5, 0.6) is 0 Å². The first-order chi connectivity index (χ1) is 7.11. The Morgan fingerprint density at radius 3 is 2.47 bits per heavy atom. The van der Waals surface area contributed by atoms with Crippen LogP contribution in [0.1, 0.15) is 46.5 Å². The van der Waals surface area contributed by atoms with Crippen molar-refractivity contribution in [1.29, 1.82) is 0 Å². The van der Waals surface area contributed by atoms with Gasteiger partial charge in [0.05, 0.1) is 0 Å². The predicted octanol–water partition coefficient (Wildman–Crippen LogP) is 2.50. The van der Waals surface area contributed by atoms with Gasteiger partial charge >= 0.3 is 0 Å². The summed E-state index contributed by atoms with van der Waals surface area (Å²) < 4.78 is 0. The van der Waals surface area contributed by atoms with Crippen LogP contribution in [-0.2, 0) is 0 Å². The van der Waals surface area contributed by atoms with Crippen LogP contribution in [0.25, 0.3) is 0 Å². The second-order valence-corrected chi connectivity index (χ2v) is 5.49. The second kappa shape index (κ2) is 5.86. The molecule has 90 valence electrons. The molecule has 0 aromatic rings. The summed E-state index contributed by atoms with van der Waals surface area (Å²) in [5.41, 5.74) is 0.460. The lowest BCUT2D eigenvalue weighted by Crippen LogP contribution is -2.41. The molecule has 15 heavy (non-hydrogen) atoms. The molecule has 0 heterocycles. The zero-order valence-electron chi connectivity index (χ0n) is 11.0. The van der Waals surface area contributed by atoms with Crippen molar-refractivity contribution in [1.82, 2.24) is 10.2 Å². The molecule has 0 aromatic carbocycles. The van der Waals surface area contributed by atoms with Crippen LogP contribution in [0.2, 0.25) is 0 Å². The zero-order valence-corrected chi connectivity index (χ0v) is 11.0. The third kappa shape index (κ3) is 4.52. The summed E-state index contributed by atoms with van der Waals surface area (Å²) in [4.78, 5) is 2.56. The minimum absolute atomic E-state index is 0.460. The van der Waals surface area contributed by atoms with E-state index in [0.29, 0.717) is 5.41 Å². The highest BCUT2D eigenvalue weighted by Crippen LogP contribution is 2.30. The van der Waals surface area contributed by atoms with E-state index in [1.807, 2.05) is 0 Å². The number of nitrogens with one attached hydrogen (secondary N) is 1. The summed E-state index contributed by atoms with van der Waals surface area (Å²) in [6.45, 7) is 10.4. The SMILES string of the molecule is CCCC(C)(CNCC)CN(C)C1CC1. The fourth-order valence-electron chi connectivity index (χ4n) is 2.50. The Kier molecular flexibility index (Phi) is 5.07. The average Bonchev–Trinajstić information content (AvgIpc) is 2.98. The molecule has 2 nitrogen and oxygen atoms in total. The van der Waals surface area contributed by atoms with Gasteiger partial charge in [0.2, 0.25) is 0 Å². The Labute approximate surface area is 95.4 Å². The molecule has 0 amide bonds. The molecule has 0 aliphatic heterocycles. The summed E-state index contributed by atoms with van der Waals surface area (Å²) in [6.07, 6.45) is 5.46. The monoisotopic (exact) mass is 212 g/mol. The van der Waals surface area contributed by atoms with Crippen LogP contribution in [0.15, 0.2) is 0 Å². The molecule has 0 aromatic heterocycles. The molecule has 2 heteroatoms. The van der Waals surface area contributed by atoms with E-state index in [1.54, 1.807) is 0 Å². The van der Waals surface area contributed by atoms with Gasteiger partial charge in [-0.15, -0.1) is 0 Å². The zero-order chi connectivity index (χ0) is 11.3. The third-order valence-electron chi connectivity index (χ3n) is 3.46. The van der Waals surface area contributed by atoms with E-state index in [4.69, 9.17) is 0 Å². The van der Waals surface area contributed by atoms with Crippen LogP contribution in [-0.4, -0.2) is 37.6 Å². The van der Waals surface area contributed by atoms with Crippen molar-refractivity contribution in [3.63, 3.8) is 0 Å². The van der Waals surface area contributed by atoms with E-state index in [0.717, 1.165) is 19.1 Å². The quantitative estimate of drug-likeness (QED) is 0.665. The lowest BCUT2D eigenvalue weighted by molar-refractivity contribution is 0.168. The maximum Gasteiger partial charge on any atom is 0.00936 e. The third-order valence-corrected chi connectivity index (χ3v) is 3.46. The molecular formula is C13H28N2. The Morgan fingerprint density at radius 1 is 1.33 bits per heavy atom. The van der Waals surface area contributed by atoms with Crippen LogP contribution in [0.4, 0.5) is 0 Å². The van der Waals surface area contributed by atoms with Crippen molar-refractivity contribution in [2.75, 3.05) is 26.7 Å². The molecular weight excluding hydrogens is 184 g/mol. The molecule has 0 saturated heterocycles.